The van der Waals surface area contributed by atoms with Crippen LogP contribution < -0.4 is 0 Å². The number of halogens is 1. The lowest BCUT2D eigenvalue weighted by Gasteiger charge is -2.64. The fourth-order valence-electron chi connectivity index (χ4n) is 4.82. The van der Waals surface area contributed by atoms with Gasteiger partial charge in [0, 0.05) is 0 Å². The third kappa shape index (κ3) is 1.87. The van der Waals surface area contributed by atoms with Crippen LogP contribution in [0.25, 0.3) is 0 Å². The summed E-state index contributed by atoms with van der Waals surface area (Å²) < 4.78 is 12.6. The van der Waals surface area contributed by atoms with E-state index >= 15 is 0 Å². The zero-order valence-corrected chi connectivity index (χ0v) is 13.6. The average molecular weight is 305 g/mol. The van der Waals surface area contributed by atoms with Crippen LogP contribution in [-0.4, -0.2) is 18.8 Å². The van der Waals surface area contributed by atoms with E-state index in [2.05, 4.69) is 20.8 Å². The van der Waals surface area contributed by atoms with Crippen LogP contribution >= 0.6 is 11.6 Å². The molecular formula is C17H22BClO2. The van der Waals surface area contributed by atoms with Crippen molar-refractivity contribution in [1.29, 1.82) is 0 Å². The highest BCUT2D eigenvalue weighted by Crippen LogP contribution is 2.66. The Kier molecular flexibility index (Phi) is 3.02. The maximum absolute atomic E-state index is 6.62. The minimum atomic E-state index is -0.334. The smallest absolute Gasteiger partial charge is 0.404 e. The Hall–Kier alpha value is -0.505. The standard InChI is InChI=1S/C17H22BClO2/c1-16(2)12-9-13(16)17(3)14(10-12)20-18(21-17)15(19)11-7-5-4-6-8-11/h4-8,12-15H,9-10H2,1-3H3. The molecule has 21 heavy (non-hydrogen) atoms. The molecule has 5 atom stereocenters. The maximum atomic E-state index is 6.62. The van der Waals surface area contributed by atoms with E-state index in [0.29, 0.717) is 11.3 Å². The van der Waals surface area contributed by atoms with Crippen molar-refractivity contribution in [2.24, 2.45) is 17.3 Å². The van der Waals surface area contributed by atoms with Gasteiger partial charge >= 0.3 is 7.12 Å². The average Bonchev–Trinajstić information content (AvgIpc) is 2.84. The highest BCUT2D eigenvalue weighted by atomic mass is 35.5. The molecule has 4 heteroatoms. The van der Waals surface area contributed by atoms with Crippen molar-refractivity contribution < 1.29 is 9.31 Å². The number of hydrogen-bond acceptors (Lipinski definition) is 2. The predicted molar refractivity (Wildman–Crippen MR) is 85.1 cm³/mol. The molecule has 0 amide bonds. The van der Waals surface area contributed by atoms with Crippen LogP contribution in [0.15, 0.2) is 30.3 Å². The monoisotopic (exact) mass is 304 g/mol. The second-order valence-electron chi connectivity index (χ2n) is 7.65. The summed E-state index contributed by atoms with van der Waals surface area (Å²) in [5, 5.41) is -0.242. The van der Waals surface area contributed by atoms with Crippen molar-refractivity contribution in [2.45, 2.75) is 50.6 Å². The SMILES string of the molecule is CC1(C)C2CC3OB(C(Cl)c4ccccc4)OC3(C)C1C2. The lowest BCUT2D eigenvalue weighted by atomic mass is 9.43. The Morgan fingerprint density at radius 3 is 2.57 bits per heavy atom. The quantitative estimate of drug-likeness (QED) is 0.601. The van der Waals surface area contributed by atoms with Gasteiger partial charge in [-0.2, -0.15) is 0 Å². The Balaban J connectivity index is 1.57. The van der Waals surface area contributed by atoms with E-state index in [1.54, 1.807) is 0 Å². The zero-order chi connectivity index (χ0) is 14.8. The molecule has 2 bridgehead atoms. The highest BCUT2D eigenvalue weighted by molar-refractivity contribution is 6.59. The van der Waals surface area contributed by atoms with E-state index < -0.39 is 0 Å². The topological polar surface area (TPSA) is 18.5 Å². The molecule has 0 aromatic heterocycles. The summed E-state index contributed by atoms with van der Waals surface area (Å²) in [6.45, 7) is 6.98. The molecule has 1 aromatic carbocycles. The predicted octanol–water partition coefficient (Wildman–Crippen LogP) is 4.23. The molecule has 5 unspecified atom stereocenters. The Bertz CT molecular complexity index is 549. The molecule has 1 saturated heterocycles. The first-order chi connectivity index (χ1) is 9.93. The van der Waals surface area contributed by atoms with Gasteiger partial charge in [-0.05, 0) is 42.6 Å². The largest absolute Gasteiger partial charge is 0.481 e. The van der Waals surface area contributed by atoms with Gasteiger partial charge in [-0.3, -0.25) is 0 Å². The molecule has 4 fully saturated rings. The van der Waals surface area contributed by atoms with Crippen molar-refractivity contribution in [3.05, 3.63) is 35.9 Å². The molecule has 1 heterocycles. The minimum Gasteiger partial charge on any atom is -0.404 e. The highest BCUT2D eigenvalue weighted by Gasteiger charge is 2.68. The van der Waals surface area contributed by atoms with Gasteiger partial charge in [-0.25, -0.2) is 0 Å². The van der Waals surface area contributed by atoms with E-state index in [9.17, 15) is 0 Å². The maximum Gasteiger partial charge on any atom is 0.481 e. The van der Waals surface area contributed by atoms with Crippen molar-refractivity contribution in [1.82, 2.24) is 0 Å². The Morgan fingerprint density at radius 1 is 1.19 bits per heavy atom. The van der Waals surface area contributed by atoms with Gasteiger partial charge in [0.2, 0.25) is 0 Å². The summed E-state index contributed by atoms with van der Waals surface area (Å²) in [6, 6.07) is 10.1. The zero-order valence-electron chi connectivity index (χ0n) is 12.9. The van der Waals surface area contributed by atoms with Gasteiger partial charge in [-0.1, -0.05) is 44.2 Å². The fourth-order valence-corrected chi connectivity index (χ4v) is 5.07. The summed E-state index contributed by atoms with van der Waals surface area (Å²) in [5.74, 6) is 1.35. The van der Waals surface area contributed by atoms with E-state index in [-0.39, 0.29) is 24.1 Å². The van der Waals surface area contributed by atoms with Crippen LogP contribution in [0.4, 0.5) is 0 Å². The van der Waals surface area contributed by atoms with Gasteiger partial charge in [0.25, 0.3) is 0 Å². The van der Waals surface area contributed by atoms with E-state index in [0.717, 1.165) is 17.9 Å². The molecule has 4 aliphatic rings. The van der Waals surface area contributed by atoms with Crippen LogP contribution in [-0.2, 0) is 9.31 Å². The number of rotatable bonds is 2. The summed E-state index contributed by atoms with van der Waals surface area (Å²) in [7, 11) is -0.334. The second-order valence-corrected chi connectivity index (χ2v) is 8.12. The summed E-state index contributed by atoms with van der Waals surface area (Å²) in [5.41, 5.74) is 1.26. The van der Waals surface area contributed by atoms with Crippen LogP contribution in [0.1, 0.15) is 44.5 Å². The molecule has 1 aliphatic heterocycles. The van der Waals surface area contributed by atoms with Crippen LogP contribution in [0.3, 0.4) is 0 Å². The van der Waals surface area contributed by atoms with Crippen LogP contribution in [0.2, 0.25) is 0 Å². The van der Waals surface area contributed by atoms with Gasteiger partial charge < -0.3 is 9.31 Å². The van der Waals surface area contributed by atoms with E-state index in [1.165, 1.54) is 6.42 Å². The molecule has 0 radical (unpaired) electrons. The molecule has 1 aromatic rings. The van der Waals surface area contributed by atoms with Gasteiger partial charge in [0.1, 0.15) is 0 Å². The fraction of sp³-hybridized carbons (Fsp3) is 0.647. The molecule has 3 saturated carbocycles. The molecule has 0 N–H and O–H groups in total. The first-order valence-corrected chi connectivity index (χ1v) is 8.39. The third-order valence-corrected chi connectivity index (χ3v) is 6.78. The van der Waals surface area contributed by atoms with E-state index in [4.69, 9.17) is 20.9 Å². The molecule has 3 aliphatic carbocycles. The van der Waals surface area contributed by atoms with Gasteiger partial charge in [0.15, 0.2) is 0 Å². The van der Waals surface area contributed by atoms with Crippen molar-refractivity contribution in [3.63, 3.8) is 0 Å². The minimum absolute atomic E-state index is 0.176. The number of hydrogen-bond donors (Lipinski definition) is 0. The van der Waals surface area contributed by atoms with Gasteiger partial charge in [-0.15, -0.1) is 11.6 Å². The Labute approximate surface area is 132 Å². The number of benzene rings is 1. The Morgan fingerprint density at radius 2 is 1.90 bits per heavy atom. The molecule has 112 valence electrons. The lowest BCUT2D eigenvalue weighted by Crippen LogP contribution is -2.65. The lowest BCUT2D eigenvalue weighted by molar-refractivity contribution is -0.199. The van der Waals surface area contributed by atoms with E-state index in [1.807, 2.05) is 30.3 Å². The molecular weight excluding hydrogens is 282 g/mol. The number of alkyl halides is 1. The molecule has 2 nitrogen and oxygen atoms in total. The third-order valence-electron chi connectivity index (χ3n) is 6.33. The first kappa shape index (κ1) is 14.1. The summed E-state index contributed by atoms with van der Waals surface area (Å²) in [6.07, 6.45) is 2.58. The second kappa shape index (κ2) is 4.50. The van der Waals surface area contributed by atoms with Crippen molar-refractivity contribution in [3.8, 4) is 0 Å². The van der Waals surface area contributed by atoms with Gasteiger partial charge in [0.05, 0.1) is 17.0 Å². The summed E-state index contributed by atoms with van der Waals surface area (Å²) in [4.78, 5) is 0. The first-order valence-electron chi connectivity index (χ1n) is 7.95. The molecule has 5 rings (SSSR count). The van der Waals surface area contributed by atoms with Crippen LogP contribution in [0.5, 0.6) is 0 Å². The van der Waals surface area contributed by atoms with Crippen molar-refractivity contribution >= 4 is 18.7 Å². The van der Waals surface area contributed by atoms with Crippen LogP contribution in [0, 0.1) is 17.3 Å². The molecule has 0 spiro atoms. The van der Waals surface area contributed by atoms with Crippen molar-refractivity contribution in [2.75, 3.05) is 0 Å². The summed E-state index contributed by atoms with van der Waals surface area (Å²) >= 11 is 6.62. The normalized spacial score (nSPS) is 41.3.